The van der Waals surface area contributed by atoms with Crippen LogP contribution in [0.3, 0.4) is 0 Å². The molecule has 1 heterocycles. The molecule has 0 fully saturated rings. The van der Waals surface area contributed by atoms with Crippen molar-refractivity contribution in [2.45, 2.75) is 0 Å². The molecule has 1 aromatic heterocycles. The molecule has 0 aliphatic heterocycles. The Bertz CT molecular complexity index is 751. The first-order valence-electron chi connectivity index (χ1n) is 5.64. The van der Waals surface area contributed by atoms with Crippen molar-refractivity contribution in [2.24, 2.45) is 0 Å². The molecule has 0 saturated carbocycles. The molecule has 0 radical (unpaired) electrons. The maximum Gasteiger partial charge on any atom is 0.0781 e. The molecule has 3 aromatic rings. The molecule has 1 nitrogen and oxygen atoms in total. The van der Waals surface area contributed by atoms with Crippen LogP contribution in [0.15, 0.2) is 57.6 Å². The van der Waals surface area contributed by atoms with Gasteiger partial charge in [0.05, 0.1) is 5.69 Å². The van der Waals surface area contributed by atoms with Gasteiger partial charge in [-0.2, -0.15) is 0 Å². The summed E-state index contributed by atoms with van der Waals surface area (Å²) in [5, 5.41) is 2.39. The summed E-state index contributed by atoms with van der Waals surface area (Å²) in [4.78, 5) is 4.54. The zero-order valence-corrected chi connectivity index (χ0v) is 15.0. The molecule has 0 aliphatic carbocycles. The van der Waals surface area contributed by atoms with Crippen LogP contribution in [0.4, 0.5) is 0 Å². The number of rotatable bonds is 1. The van der Waals surface area contributed by atoms with Gasteiger partial charge in [-0.25, -0.2) is 0 Å². The Morgan fingerprint density at radius 3 is 2.37 bits per heavy atom. The lowest BCUT2D eigenvalue weighted by atomic mass is 10.0. The van der Waals surface area contributed by atoms with E-state index in [1.807, 2.05) is 18.3 Å². The summed E-state index contributed by atoms with van der Waals surface area (Å²) >= 11 is 9.38. The molecule has 3 rings (SSSR count). The first-order chi connectivity index (χ1) is 9.13. The quantitative estimate of drug-likeness (QED) is 0.381. The minimum atomic E-state index is 1.01. The topological polar surface area (TPSA) is 12.9 Å². The lowest BCUT2D eigenvalue weighted by molar-refractivity contribution is 1.35. The summed E-state index contributed by atoms with van der Waals surface area (Å²) in [5.41, 5.74) is 2.11. The van der Waals surface area contributed by atoms with E-state index in [1.54, 1.807) is 0 Å². The molecule has 0 atom stereocenters. The van der Waals surface area contributed by atoms with Gasteiger partial charge in [0, 0.05) is 29.7 Å². The van der Waals surface area contributed by atoms with Crippen molar-refractivity contribution < 1.29 is 0 Å². The van der Waals surface area contributed by atoms with Crippen molar-refractivity contribution in [3.8, 4) is 11.3 Å². The van der Waals surface area contributed by atoms with Crippen LogP contribution in [0.5, 0.6) is 0 Å². The van der Waals surface area contributed by atoms with Gasteiger partial charge in [-0.05, 0) is 64.4 Å². The van der Waals surface area contributed by atoms with Crippen LogP contribution >= 0.6 is 54.5 Å². The average Bonchev–Trinajstić information content (AvgIpc) is 2.36. The normalized spacial score (nSPS) is 10.9. The van der Waals surface area contributed by atoms with Crippen molar-refractivity contribution in [1.29, 1.82) is 0 Å². The van der Waals surface area contributed by atoms with E-state index in [2.05, 4.69) is 89.8 Å². The molecular formula is C15H8Br2IN. The van der Waals surface area contributed by atoms with E-state index in [1.165, 1.54) is 14.3 Å². The van der Waals surface area contributed by atoms with Gasteiger partial charge in [0.1, 0.15) is 0 Å². The number of hydrogen-bond acceptors (Lipinski definition) is 1. The Morgan fingerprint density at radius 2 is 1.63 bits per heavy atom. The zero-order chi connectivity index (χ0) is 13.4. The summed E-state index contributed by atoms with van der Waals surface area (Å²) in [6.07, 6.45) is 1.86. The number of hydrogen-bond donors (Lipinski definition) is 0. The average molecular weight is 489 g/mol. The fourth-order valence-corrected chi connectivity index (χ4v) is 3.88. The number of fused-ring (bicyclic) bond motifs is 1. The van der Waals surface area contributed by atoms with Gasteiger partial charge in [0.2, 0.25) is 0 Å². The van der Waals surface area contributed by atoms with Crippen LogP contribution in [0, 0.1) is 3.57 Å². The van der Waals surface area contributed by atoms with Crippen molar-refractivity contribution in [3.05, 3.63) is 61.2 Å². The maximum absolute atomic E-state index is 4.54. The van der Waals surface area contributed by atoms with Crippen LogP contribution in [0.2, 0.25) is 0 Å². The number of nitrogens with zero attached hydrogens (tertiary/aromatic N) is 1. The van der Waals surface area contributed by atoms with Crippen molar-refractivity contribution in [1.82, 2.24) is 4.98 Å². The van der Waals surface area contributed by atoms with Crippen LogP contribution in [0.25, 0.3) is 22.0 Å². The number of aromatic nitrogens is 1. The Labute approximate surface area is 141 Å². The predicted molar refractivity (Wildman–Crippen MR) is 95.3 cm³/mol. The summed E-state index contributed by atoms with van der Waals surface area (Å²) in [5.74, 6) is 0. The van der Waals surface area contributed by atoms with Gasteiger partial charge < -0.3 is 0 Å². The van der Waals surface area contributed by atoms with Gasteiger partial charge >= 0.3 is 0 Å². The molecule has 0 unspecified atom stereocenters. The van der Waals surface area contributed by atoms with E-state index < -0.39 is 0 Å². The number of pyridine rings is 1. The molecule has 0 amide bonds. The van der Waals surface area contributed by atoms with Crippen molar-refractivity contribution in [2.75, 3.05) is 0 Å². The molecular weight excluding hydrogens is 481 g/mol. The van der Waals surface area contributed by atoms with Crippen LogP contribution in [-0.2, 0) is 0 Å². The van der Waals surface area contributed by atoms with Gasteiger partial charge in [-0.3, -0.25) is 4.98 Å². The number of benzene rings is 2. The third kappa shape index (κ3) is 2.85. The van der Waals surface area contributed by atoms with Crippen molar-refractivity contribution >= 4 is 65.2 Å². The van der Waals surface area contributed by atoms with E-state index in [0.717, 1.165) is 20.2 Å². The van der Waals surface area contributed by atoms with Crippen LogP contribution in [-0.4, -0.2) is 4.98 Å². The Balaban J connectivity index is 2.30. The van der Waals surface area contributed by atoms with Gasteiger partial charge in [0.25, 0.3) is 0 Å². The monoisotopic (exact) mass is 487 g/mol. The largest absolute Gasteiger partial charge is 0.256 e. The Kier molecular flexibility index (Phi) is 3.91. The van der Waals surface area contributed by atoms with Gasteiger partial charge in [-0.15, -0.1) is 0 Å². The summed E-state index contributed by atoms with van der Waals surface area (Å²) in [7, 11) is 0. The zero-order valence-electron chi connectivity index (χ0n) is 9.70. The van der Waals surface area contributed by atoms with E-state index in [9.17, 15) is 0 Å². The fraction of sp³-hybridized carbons (Fsp3) is 0. The second kappa shape index (κ2) is 5.50. The van der Waals surface area contributed by atoms with E-state index >= 15 is 0 Å². The lowest BCUT2D eigenvalue weighted by Crippen LogP contribution is -1.87. The van der Waals surface area contributed by atoms with Crippen LogP contribution in [0.1, 0.15) is 0 Å². The predicted octanol–water partition coefficient (Wildman–Crippen LogP) is 6.03. The molecule has 0 aliphatic rings. The second-order valence-electron chi connectivity index (χ2n) is 4.18. The SMILES string of the molecule is Brc1cc(Br)cc(-c2nccc3cc(I)ccc23)c1. The van der Waals surface area contributed by atoms with E-state index in [0.29, 0.717) is 0 Å². The molecule has 94 valence electrons. The highest BCUT2D eigenvalue weighted by molar-refractivity contribution is 14.1. The Morgan fingerprint density at radius 1 is 0.895 bits per heavy atom. The van der Waals surface area contributed by atoms with E-state index in [4.69, 9.17) is 0 Å². The third-order valence-corrected chi connectivity index (χ3v) is 4.45. The lowest BCUT2D eigenvalue weighted by Gasteiger charge is -2.07. The molecule has 4 heteroatoms. The summed E-state index contributed by atoms with van der Waals surface area (Å²) < 4.78 is 3.32. The first-order valence-corrected chi connectivity index (χ1v) is 8.31. The molecule has 19 heavy (non-hydrogen) atoms. The first kappa shape index (κ1) is 13.5. The van der Waals surface area contributed by atoms with Crippen LogP contribution < -0.4 is 0 Å². The molecule has 0 saturated heterocycles. The third-order valence-electron chi connectivity index (χ3n) is 2.86. The molecule has 0 bridgehead atoms. The second-order valence-corrected chi connectivity index (χ2v) is 7.26. The fourth-order valence-electron chi connectivity index (χ4n) is 2.07. The smallest absolute Gasteiger partial charge is 0.0781 e. The summed E-state index contributed by atoms with van der Waals surface area (Å²) in [6.45, 7) is 0. The standard InChI is InChI=1S/C15H8Br2IN/c16-11-5-10(6-12(17)8-11)15-14-2-1-13(18)7-9(14)3-4-19-15/h1-8H. The Hall–Kier alpha value is -0.460. The van der Waals surface area contributed by atoms with Gasteiger partial charge in [0.15, 0.2) is 0 Å². The number of halogens is 3. The maximum atomic E-state index is 4.54. The van der Waals surface area contributed by atoms with Crippen molar-refractivity contribution in [3.63, 3.8) is 0 Å². The molecule has 0 spiro atoms. The highest BCUT2D eigenvalue weighted by Gasteiger charge is 2.07. The highest BCUT2D eigenvalue weighted by atomic mass is 127. The summed E-state index contributed by atoms with van der Waals surface area (Å²) in [6, 6.07) is 14.7. The van der Waals surface area contributed by atoms with E-state index in [-0.39, 0.29) is 0 Å². The molecule has 2 aromatic carbocycles. The minimum absolute atomic E-state index is 1.01. The highest BCUT2D eigenvalue weighted by Crippen LogP contribution is 2.31. The molecule has 0 N–H and O–H groups in total. The minimum Gasteiger partial charge on any atom is -0.256 e. The van der Waals surface area contributed by atoms with Gasteiger partial charge in [-0.1, -0.05) is 37.9 Å².